The molecule has 0 radical (unpaired) electrons. The standard InChI is InChI=1S/C22H30FN3O/c1-15(13-26-22-8-18(23)5-4-17(22)11-24-26)12-25-19-6-7-20(25)10-21(9-19)27-14-16-2-3-16/h4-5,8,11,15-16,19-21H,2-3,6-7,9-10,12-14H2,1H3/t15-,19+,20+/m1/s1. The molecule has 3 atom stereocenters. The minimum absolute atomic E-state index is 0.191. The molecule has 2 aliphatic heterocycles. The molecule has 1 aromatic carbocycles. The largest absolute Gasteiger partial charge is 0.378 e. The lowest BCUT2D eigenvalue weighted by Gasteiger charge is -2.40. The van der Waals surface area contributed by atoms with Crippen molar-refractivity contribution in [3.63, 3.8) is 0 Å². The fourth-order valence-electron chi connectivity index (χ4n) is 5.12. The predicted octanol–water partition coefficient (Wildman–Crippen LogP) is 4.23. The SMILES string of the molecule is C[C@H](CN1[C@H]2CC[C@H]1CC(OCC1CC1)C2)Cn1ncc2ccc(F)cc21. The van der Waals surface area contributed by atoms with Crippen LogP contribution in [-0.4, -0.2) is 46.0 Å². The first-order valence-electron chi connectivity index (χ1n) is 10.6. The van der Waals surface area contributed by atoms with Gasteiger partial charge in [0.1, 0.15) is 5.82 Å². The van der Waals surface area contributed by atoms with Gasteiger partial charge in [0.05, 0.1) is 17.8 Å². The highest BCUT2D eigenvalue weighted by Crippen LogP contribution is 2.38. The number of halogens is 1. The van der Waals surface area contributed by atoms with Crippen molar-refractivity contribution in [2.24, 2.45) is 11.8 Å². The van der Waals surface area contributed by atoms with Gasteiger partial charge < -0.3 is 4.74 Å². The Kier molecular flexibility index (Phi) is 4.68. The zero-order chi connectivity index (χ0) is 18.4. The summed E-state index contributed by atoms with van der Waals surface area (Å²) in [7, 11) is 0. The number of hydrogen-bond donors (Lipinski definition) is 0. The molecule has 0 spiro atoms. The van der Waals surface area contributed by atoms with Crippen molar-refractivity contribution in [3.8, 4) is 0 Å². The predicted molar refractivity (Wildman–Crippen MR) is 104 cm³/mol. The van der Waals surface area contributed by atoms with Crippen LogP contribution in [0.25, 0.3) is 10.9 Å². The molecule has 146 valence electrons. The van der Waals surface area contributed by atoms with Gasteiger partial charge in [-0.25, -0.2) is 4.39 Å². The first-order valence-corrected chi connectivity index (χ1v) is 10.6. The summed E-state index contributed by atoms with van der Waals surface area (Å²) in [4.78, 5) is 2.73. The Hall–Kier alpha value is -1.46. The third-order valence-electron chi connectivity index (χ3n) is 6.72. The van der Waals surface area contributed by atoms with Crippen LogP contribution >= 0.6 is 0 Å². The van der Waals surface area contributed by atoms with Crippen molar-refractivity contribution in [2.75, 3.05) is 13.2 Å². The summed E-state index contributed by atoms with van der Waals surface area (Å²) < 4.78 is 21.8. The average molecular weight is 372 g/mol. The second-order valence-corrected chi connectivity index (χ2v) is 9.09. The Morgan fingerprint density at radius 2 is 1.93 bits per heavy atom. The lowest BCUT2D eigenvalue weighted by Crippen LogP contribution is -2.47. The van der Waals surface area contributed by atoms with Crippen LogP contribution in [0.2, 0.25) is 0 Å². The van der Waals surface area contributed by atoms with Gasteiger partial charge in [0.25, 0.3) is 0 Å². The number of benzene rings is 1. The van der Waals surface area contributed by atoms with Crippen LogP contribution in [0.1, 0.15) is 45.4 Å². The Morgan fingerprint density at radius 1 is 1.15 bits per heavy atom. The summed E-state index contributed by atoms with van der Waals surface area (Å²) in [5, 5.41) is 5.50. The normalized spacial score (nSPS) is 29.5. The van der Waals surface area contributed by atoms with E-state index in [-0.39, 0.29) is 5.82 Å². The fourth-order valence-corrected chi connectivity index (χ4v) is 5.12. The molecular formula is C22H30FN3O. The van der Waals surface area contributed by atoms with E-state index >= 15 is 0 Å². The summed E-state index contributed by atoms with van der Waals surface area (Å²) in [5.41, 5.74) is 0.900. The molecule has 27 heavy (non-hydrogen) atoms. The van der Waals surface area contributed by atoms with E-state index in [0.29, 0.717) is 24.1 Å². The van der Waals surface area contributed by atoms with E-state index in [4.69, 9.17) is 4.74 Å². The van der Waals surface area contributed by atoms with E-state index < -0.39 is 0 Å². The third kappa shape index (κ3) is 3.77. The van der Waals surface area contributed by atoms with E-state index in [1.165, 1.54) is 44.6 Å². The maximum absolute atomic E-state index is 13.6. The molecule has 2 aromatic rings. The van der Waals surface area contributed by atoms with Crippen LogP contribution in [0, 0.1) is 17.7 Å². The van der Waals surface area contributed by atoms with E-state index in [2.05, 4.69) is 16.9 Å². The van der Waals surface area contributed by atoms with E-state index in [1.807, 2.05) is 16.9 Å². The van der Waals surface area contributed by atoms with Gasteiger partial charge in [-0.1, -0.05) is 6.92 Å². The van der Waals surface area contributed by atoms with Gasteiger partial charge in [-0.2, -0.15) is 5.10 Å². The van der Waals surface area contributed by atoms with Crippen LogP contribution in [0.4, 0.5) is 4.39 Å². The van der Waals surface area contributed by atoms with Crippen LogP contribution in [0.3, 0.4) is 0 Å². The second-order valence-electron chi connectivity index (χ2n) is 9.09. The highest BCUT2D eigenvalue weighted by molar-refractivity contribution is 5.78. The zero-order valence-electron chi connectivity index (χ0n) is 16.2. The topological polar surface area (TPSA) is 30.3 Å². The van der Waals surface area contributed by atoms with Gasteiger partial charge in [-0.05, 0) is 68.6 Å². The maximum Gasteiger partial charge on any atom is 0.125 e. The van der Waals surface area contributed by atoms with Crippen LogP contribution < -0.4 is 0 Å². The Balaban J connectivity index is 1.19. The molecule has 5 rings (SSSR count). The number of hydrogen-bond acceptors (Lipinski definition) is 3. The minimum Gasteiger partial charge on any atom is -0.378 e. The third-order valence-corrected chi connectivity index (χ3v) is 6.72. The lowest BCUT2D eigenvalue weighted by atomic mass is 9.98. The smallest absolute Gasteiger partial charge is 0.125 e. The summed E-state index contributed by atoms with van der Waals surface area (Å²) in [5.74, 6) is 1.15. The summed E-state index contributed by atoms with van der Waals surface area (Å²) in [6, 6.07) is 6.28. The summed E-state index contributed by atoms with van der Waals surface area (Å²) in [6.45, 7) is 5.22. The Morgan fingerprint density at radius 3 is 2.67 bits per heavy atom. The van der Waals surface area contributed by atoms with E-state index in [0.717, 1.165) is 36.5 Å². The van der Waals surface area contributed by atoms with Crippen LogP contribution in [0.15, 0.2) is 24.4 Å². The Labute approximate surface area is 160 Å². The van der Waals surface area contributed by atoms with Crippen molar-refractivity contribution in [1.29, 1.82) is 0 Å². The highest BCUT2D eigenvalue weighted by atomic mass is 19.1. The zero-order valence-corrected chi connectivity index (χ0v) is 16.2. The highest BCUT2D eigenvalue weighted by Gasteiger charge is 2.41. The second kappa shape index (κ2) is 7.17. The molecule has 1 aliphatic carbocycles. The van der Waals surface area contributed by atoms with Crippen LogP contribution in [-0.2, 0) is 11.3 Å². The van der Waals surface area contributed by atoms with Crippen molar-refractivity contribution in [2.45, 2.75) is 70.2 Å². The lowest BCUT2D eigenvalue weighted by molar-refractivity contribution is -0.0276. The fraction of sp³-hybridized carbons (Fsp3) is 0.682. The van der Waals surface area contributed by atoms with Crippen molar-refractivity contribution >= 4 is 10.9 Å². The van der Waals surface area contributed by atoms with Crippen molar-refractivity contribution < 1.29 is 9.13 Å². The van der Waals surface area contributed by atoms with Crippen molar-refractivity contribution in [3.05, 3.63) is 30.2 Å². The van der Waals surface area contributed by atoms with Gasteiger partial charge >= 0.3 is 0 Å². The molecule has 0 N–H and O–H groups in total. The molecule has 5 heteroatoms. The van der Waals surface area contributed by atoms with Crippen LogP contribution in [0.5, 0.6) is 0 Å². The first kappa shape index (κ1) is 17.6. The number of rotatable bonds is 7. The number of aromatic nitrogens is 2. The molecule has 4 nitrogen and oxygen atoms in total. The van der Waals surface area contributed by atoms with E-state index in [1.54, 1.807) is 6.07 Å². The molecule has 3 aliphatic rings. The molecule has 0 unspecified atom stereocenters. The summed E-state index contributed by atoms with van der Waals surface area (Å²) >= 11 is 0. The van der Waals surface area contributed by atoms with E-state index in [9.17, 15) is 4.39 Å². The number of piperidine rings is 1. The molecule has 1 saturated carbocycles. The van der Waals surface area contributed by atoms with Gasteiger partial charge in [-0.3, -0.25) is 9.58 Å². The molecular weight excluding hydrogens is 341 g/mol. The number of nitrogens with zero attached hydrogens (tertiary/aromatic N) is 3. The molecule has 3 heterocycles. The molecule has 1 aromatic heterocycles. The summed E-state index contributed by atoms with van der Waals surface area (Å²) in [6.07, 6.45) is 10.1. The van der Waals surface area contributed by atoms with Gasteiger partial charge in [-0.15, -0.1) is 0 Å². The van der Waals surface area contributed by atoms with Gasteiger partial charge in [0, 0.05) is 37.2 Å². The first-order chi connectivity index (χ1) is 13.2. The molecule has 2 bridgehead atoms. The maximum atomic E-state index is 13.6. The van der Waals surface area contributed by atoms with Gasteiger partial charge in [0.2, 0.25) is 0 Å². The molecule has 0 amide bonds. The molecule has 2 saturated heterocycles. The number of ether oxygens (including phenoxy) is 1. The molecule has 3 fully saturated rings. The van der Waals surface area contributed by atoms with Crippen molar-refractivity contribution in [1.82, 2.24) is 14.7 Å². The minimum atomic E-state index is -0.191. The average Bonchev–Trinajstić information content (AvgIpc) is 3.37. The quantitative estimate of drug-likeness (QED) is 0.729. The monoisotopic (exact) mass is 371 g/mol. The van der Waals surface area contributed by atoms with Gasteiger partial charge in [0.15, 0.2) is 0 Å². The number of fused-ring (bicyclic) bond motifs is 3. The Bertz CT molecular complexity index is 788.